The van der Waals surface area contributed by atoms with Crippen molar-refractivity contribution < 1.29 is 27.6 Å². The summed E-state index contributed by atoms with van der Waals surface area (Å²) in [5.74, 6) is 19.1. The van der Waals surface area contributed by atoms with E-state index in [-0.39, 0.29) is 0 Å². The molecule has 0 unspecified atom stereocenters. The maximum absolute atomic E-state index is 5.53. The number of methoxy groups -OCH3 is 2. The first-order chi connectivity index (χ1) is 45.2. The van der Waals surface area contributed by atoms with Crippen molar-refractivity contribution in [2.24, 2.45) is 71.0 Å². The number of nitrogens with zero attached hydrogens (tertiary/aromatic N) is 7. The fourth-order valence-corrected chi connectivity index (χ4v) is 22.8. The molecule has 17 nitrogen and oxygen atoms in total. The summed E-state index contributed by atoms with van der Waals surface area (Å²) in [6.07, 6.45) is 37.6. The van der Waals surface area contributed by atoms with E-state index in [4.69, 9.17) is 27.6 Å². The molecule has 0 atom stereocenters. The lowest BCUT2D eigenvalue weighted by Crippen LogP contribution is -2.58. The van der Waals surface area contributed by atoms with E-state index < -0.39 is 0 Å². The molecule has 0 radical (unpaired) electrons. The topological polar surface area (TPSA) is 209 Å². The highest BCUT2D eigenvalue weighted by Gasteiger charge is 2.54. The highest BCUT2D eigenvalue weighted by molar-refractivity contribution is 5.63. The Hall–Kier alpha value is -5.49. The van der Waals surface area contributed by atoms with E-state index >= 15 is 0 Å². The van der Waals surface area contributed by atoms with Crippen LogP contribution in [0.5, 0.6) is 11.5 Å². The maximum atomic E-state index is 5.53. The smallest absolute Gasteiger partial charge is 0.240 e. The Labute approximate surface area is 552 Å². The molecule has 4 N–H and O–H groups in total. The summed E-state index contributed by atoms with van der Waals surface area (Å²) in [4.78, 5) is 13.7. The molecule has 0 aliphatic heterocycles. The van der Waals surface area contributed by atoms with E-state index in [0.29, 0.717) is 65.2 Å². The van der Waals surface area contributed by atoms with E-state index in [9.17, 15) is 0 Å². The first-order valence-corrected chi connectivity index (χ1v) is 36.9. The minimum atomic E-state index is 0.313. The Morgan fingerprint density at radius 3 is 1.32 bits per heavy atom. The Bertz CT molecular complexity index is 3330. The molecule has 16 fully saturated rings. The van der Waals surface area contributed by atoms with Gasteiger partial charge in [0.2, 0.25) is 23.5 Å². The fourth-order valence-electron chi connectivity index (χ4n) is 22.8. The molecule has 16 saturated carbocycles. The normalized spacial score (nSPS) is 34.7. The lowest BCUT2D eigenvalue weighted by molar-refractivity contribution is -0.0217. The third-order valence-electron chi connectivity index (χ3n) is 25.2. The first kappa shape index (κ1) is 63.6. The van der Waals surface area contributed by atoms with Gasteiger partial charge in [0, 0.05) is 47.1 Å². The second kappa shape index (κ2) is 26.8. The van der Waals surface area contributed by atoms with Crippen LogP contribution in [0.2, 0.25) is 0 Å². The van der Waals surface area contributed by atoms with Gasteiger partial charge in [-0.25, -0.2) is 0 Å². The quantitative estimate of drug-likeness (QED) is 0.0528. The number of hydrogen-bond acceptors (Lipinski definition) is 17. The number of rotatable bonds is 21. The van der Waals surface area contributed by atoms with Gasteiger partial charge in [0.25, 0.3) is 0 Å². The maximum Gasteiger partial charge on any atom is 0.240 e. The summed E-state index contributed by atoms with van der Waals surface area (Å²) in [5, 5.41) is 32.0. The third-order valence-corrected chi connectivity index (χ3v) is 25.2. The van der Waals surface area contributed by atoms with Crippen LogP contribution in [0.1, 0.15) is 246 Å². The zero-order valence-corrected chi connectivity index (χ0v) is 56.8. The predicted octanol–water partition coefficient (Wildman–Crippen LogP) is 15.0. The predicted molar refractivity (Wildman–Crippen MR) is 356 cm³/mol. The fraction of sp³-hybridized carbons (Fsp3) is 0.724. The molecular weight excluding hydrogens is 1160 g/mol. The van der Waals surface area contributed by atoms with Crippen LogP contribution in [0.3, 0.4) is 0 Å². The summed E-state index contributed by atoms with van der Waals surface area (Å²) < 4.78 is 32.6. The van der Waals surface area contributed by atoms with Gasteiger partial charge in [0.05, 0.1) is 51.5 Å². The number of para-hydroxylation sites is 1. The highest BCUT2D eigenvalue weighted by atomic mass is 16.5. The average molecular weight is 1270 g/mol. The SMILES string of the molecule is CC(C)c1cc(CNC23CC4CC(CC(C4)C2)C3)no1.CCCc1nc(CNC23CC4CC(CC(C4)C2)C3)no1.CCc1ccc(Cc2nc(CNC34CC5CC(CC(C5)C3)C4)no2)cc1OC.COc1ccccc1-c1noc(CNC23CC4CC(CC(C4)C2)C3)n1. The lowest BCUT2D eigenvalue weighted by atomic mass is 9.53. The standard InChI is InChI=1S/C23H31N3O2.C20H25N3O2.C17H26N2O.C16H25N3O/c1-3-19-5-4-15(9-20(19)27-2)10-22-25-21(26-28-22)14-24-23-11-16-6-17(12-23)8-18(7-16)13-23;1-24-17-5-3-2-4-16(17)19-22-18(25-23-19)12-21-20-9-13-6-14(10-20)8-15(7-13)11-20;1-11(2)16-6-15(19-20-16)10-18-17-7-12-3-13(8-17)5-14(4-12)9-17;1-2-3-15-18-14(19-20-15)10-17-16-7-11-4-12(8-16)6-13(5-11)9-16/h4-5,9,16-18,24H,3,6-8,10-14H2,1-2H3;2-5,13-15,21H,6-12H2,1H3;6,11-14,18H,3-5,7-10H2,1-2H3;11-13,17H,2-10H2,1H3. The van der Waals surface area contributed by atoms with Crippen molar-refractivity contribution in [3.05, 3.63) is 100 Å². The van der Waals surface area contributed by atoms with Crippen LogP contribution in [-0.2, 0) is 45.4 Å². The van der Waals surface area contributed by atoms with Crippen molar-refractivity contribution in [2.45, 2.75) is 262 Å². The molecule has 0 spiro atoms. The Kier molecular flexibility index (Phi) is 18.3. The van der Waals surface area contributed by atoms with Crippen molar-refractivity contribution >= 4 is 0 Å². The van der Waals surface area contributed by atoms with E-state index in [1.54, 1.807) is 14.2 Å². The van der Waals surface area contributed by atoms with Gasteiger partial charge in [-0.3, -0.25) is 0 Å². The number of aromatic nitrogens is 7. The molecule has 4 heterocycles. The number of ether oxygens (including phenoxy) is 2. The zero-order valence-electron chi connectivity index (χ0n) is 56.8. The molecule has 0 saturated heterocycles. The van der Waals surface area contributed by atoms with Crippen LogP contribution < -0.4 is 30.7 Å². The second-order valence-corrected chi connectivity index (χ2v) is 32.9. The van der Waals surface area contributed by atoms with Gasteiger partial charge in [-0.1, -0.05) is 72.6 Å². The third kappa shape index (κ3) is 14.3. The number of nitrogens with one attached hydrogen (secondary N) is 4. The van der Waals surface area contributed by atoms with Crippen molar-refractivity contribution in [2.75, 3.05) is 14.2 Å². The molecule has 16 aliphatic carbocycles. The Morgan fingerprint density at radius 2 is 0.882 bits per heavy atom. The Balaban J connectivity index is 0.000000104. The molecule has 6 aromatic rings. The molecule has 0 amide bonds. The van der Waals surface area contributed by atoms with Gasteiger partial charge < -0.3 is 48.8 Å². The van der Waals surface area contributed by atoms with Crippen LogP contribution in [0.25, 0.3) is 11.4 Å². The summed E-state index contributed by atoms with van der Waals surface area (Å²) in [5.41, 5.74) is 5.76. The summed E-state index contributed by atoms with van der Waals surface area (Å²) in [6.45, 7) is 11.6. The lowest BCUT2D eigenvalue weighted by Gasteiger charge is -2.57. The van der Waals surface area contributed by atoms with Gasteiger partial charge in [-0.2, -0.15) is 15.0 Å². The zero-order chi connectivity index (χ0) is 63.3. The summed E-state index contributed by atoms with van der Waals surface area (Å²) >= 11 is 0. The van der Waals surface area contributed by atoms with Crippen molar-refractivity contribution in [1.29, 1.82) is 0 Å². The molecule has 93 heavy (non-hydrogen) atoms. The summed E-state index contributed by atoms with van der Waals surface area (Å²) in [6, 6.07) is 16.2. The second-order valence-electron chi connectivity index (χ2n) is 32.9. The Morgan fingerprint density at radius 1 is 0.452 bits per heavy atom. The van der Waals surface area contributed by atoms with Crippen molar-refractivity contribution in [3.8, 4) is 22.9 Å². The van der Waals surface area contributed by atoms with Gasteiger partial charge in [-0.05, 0) is 267 Å². The van der Waals surface area contributed by atoms with E-state index in [2.05, 4.69) is 109 Å². The molecule has 17 heteroatoms. The molecule has 22 rings (SSSR count). The molecule has 16 aliphatic rings. The highest BCUT2D eigenvalue weighted by Crippen LogP contribution is 2.59. The van der Waals surface area contributed by atoms with Gasteiger partial charge in [0.15, 0.2) is 11.6 Å². The molecule has 2 aromatic carbocycles. The van der Waals surface area contributed by atoms with Crippen LogP contribution in [-0.4, -0.2) is 72.0 Å². The molecule has 502 valence electrons. The largest absolute Gasteiger partial charge is 0.496 e. The van der Waals surface area contributed by atoms with Gasteiger partial charge in [-0.15, -0.1) is 0 Å². The molecule has 4 aromatic heterocycles. The van der Waals surface area contributed by atoms with E-state index in [1.807, 2.05) is 24.3 Å². The van der Waals surface area contributed by atoms with Crippen LogP contribution >= 0.6 is 0 Å². The van der Waals surface area contributed by atoms with E-state index in [1.165, 1.54) is 160 Å². The monoisotopic (exact) mass is 1270 g/mol. The van der Waals surface area contributed by atoms with Crippen LogP contribution in [0, 0.1) is 71.0 Å². The van der Waals surface area contributed by atoms with Crippen LogP contribution in [0.4, 0.5) is 0 Å². The summed E-state index contributed by atoms with van der Waals surface area (Å²) in [7, 11) is 3.38. The number of aryl methyl sites for hydroxylation is 2. The van der Waals surface area contributed by atoms with E-state index in [0.717, 1.165) is 155 Å². The number of benzene rings is 2. The van der Waals surface area contributed by atoms with Crippen molar-refractivity contribution in [3.63, 3.8) is 0 Å². The van der Waals surface area contributed by atoms with Crippen LogP contribution in [0.15, 0.2) is 66.6 Å². The minimum absolute atomic E-state index is 0.313. The van der Waals surface area contributed by atoms with Gasteiger partial charge in [0.1, 0.15) is 17.3 Å². The molecule has 16 bridgehead atoms. The minimum Gasteiger partial charge on any atom is -0.496 e. The molecular formula is C76H107N11O6. The first-order valence-electron chi connectivity index (χ1n) is 36.9. The average Bonchev–Trinajstić information content (AvgIpc) is 1.14. The van der Waals surface area contributed by atoms with Gasteiger partial charge >= 0.3 is 0 Å². The van der Waals surface area contributed by atoms with Crippen molar-refractivity contribution in [1.82, 2.24) is 56.8 Å². The number of hydrogen-bond donors (Lipinski definition) is 4.